The number of hydrogen-bond acceptors (Lipinski definition) is 6. The summed E-state index contributed by atoms with van der Waals surface area (Å²) in [5.41, 5.74) is 0.131. The lowest BCUT2D eigenvalue weighted by atomic mass is 9.93. The van der Waals surface area contributed by atoms with Crippen molar-refractivity contribution in [2.24, 2.45) is 0 Å². The Morgan fingerprint density at radius 1 is 1.48 bits per heavy atom. The summed E-state index contributed by atoms with van der Waals surface area (Å²) < 4.78 is 29.0. The molecule has 2 aromatic heterocycles. The molecule has 2 aromatic rings. The lowest BCUT2D eigenvalue weighted by Crippen LogP contribution is -2.21. The summed E-state index contributed by atoms with van der Waals surface area (Å²) >= 11 is 0. The molecular weight excluding hydrogens is 296 g/mol. The molecule has 2 heterocycles. The van der Waals surface area contributed by atoms with Gasteiger partial charge in [0.1, 0.15) is 17.3 Å². The van der Waals surface area contributed by atoms with Gasteiger partial charge in [0.2, 0.25) is 0 Å². The number of fused-ring (bicyclic) bond motifs is 1. The molecule has 1 fully saturated rings. The van der Waals surface area contributed by atoms with E-state index >= 15 is 0 Å². The molecule has 0 amide bonds. The van der Waals surface area contributed by atoms with E-state index in [2.05, 4.69) is 15.1 Å². The van der Waals surface area contributed by atoms with Crippen LogP contribution in [0.4, 0.5) is 0 Å². The molecule has 21 heavy (non-hydrogen) atoms. The van der Waals surface area contributed by atoms with E-state index in [9.17, 15) is 13.2 Å². The Morgan fingerprint density at radius 2 is 2.19 bits per heavy atom. The molecule has 1 atom stereocenters. The van der Waals surface area contributed by atoms with Crippen LogP contribution in [-0.2, 0) is 14.3 Å². The molecular formula is C12H16N4O4S. The molecule has 1 N–H and O–H groups in total. The smallest absolute Gasteiger partial charge is 0.265 e. The number of nitrogens with one attached hydrogen (secondary N) is 1. The first-order valence-electron chi connectivity index (χ1n) is 6.71. The Hall–Kier alpha value is -1.74. The minimum absolute atomic E-state index is 0.180. The van der Waals surface area contributed by atoms with Crippen molar-refractivity contribution < 1.29 is 12.6 Å². The van der Waals surface area contributed by atoms with Gasteiger partial charge in [0, 0.05) is 0 Å². The van der Waals surface area contributed by atoms with Gasteiger partial charge in [-0.1, -0.05) is 0 Å². The zero-order valence-corrected chi connectivity index (χ0v) is 12.6. The normalized spacial score (nSPS) is 17.8. The molecule has 0 radical (unpaired) electrons. The molecule has 0 aromatic carbocycles. The van der Waals surface area contributed by atoms with Crippen LogP contribution < -0.4 is 5.56 Å². The Balaban J connectivity index is 2.06. The maximum Gasteiger partial charge on any atom is 0.265 e. The third-order valence-electron chi connectivity index (χ3n) is 3.61. The van der Waals surface area contributed by atoms with Crippen molar-refractivity contribution in [1.29, 1.82) is 0 Å². The van der Waals surface area contributed by atoms with Crippen molar-refractivity contribution >= 4 is 21.2 Å². The molecule has 0 bridgehead atoms. The third-order valence-corrected chi connectivity index (χ3v) is 4.24. The fourth-order valence-corrected chi connectivity index (χ4v) is 2.97. The van der Waals surface area contributed by atoms with Gasteiger partial charge in [-0.05, 0) is 26.2 Å². The largest absolute Gasteiger partial charge is 0.308 e. The number of nitrogens with zero attached hydrogens (tertiary/aromatic N) is 3. The van der Waals surface area contributed by atoms with E-state index in [-0.39, 0.29) is 17.4 Å². The predicted molar refractivity (Wildman–Crippen MR) is 75.4 cm³/mol. The zero-order valence-electron chi connectivity index (χ0n) is 11.7. The fraction of sp³-hybridized carbons (Fsp3) is 0.583. The van der Waals surface area contributed by atoms with E-state index < -0.39 is 16.2 Å². The number of rotatable bonds is 4. The highest BCUT2D eigenvalue weighted by molar-refractivity contribution is 7.86. The second-order valence-corrected chi connectivity index (χ2v) is 6.91. The standard InChI is InChI=1S/C12H16N4O4S/c1-7(20-21(2,18)19)10-14-11-9(12(17)15-10)6-13-16(11)8-4-3-5-8/h6-8H,3-5H2,1-2H3,(H,14,15,17)/t7-/m0/s1. The molecule has 1 aliphatic rings. The van der Waals surface area contributed by atoms with Gasteiger partial charge in [-0.25, -0.2) is 9.67 Å². The van der Waals surface area contributed by atoms with Gasteiger partial charge in [-0.3, -0.25) is 8.98 Å². The molecule has 8 nitrogen and oxygen atoms in total. The third kappa shape index (κ3) is 2.70. The lowest BCUT2D eigenvalue weighted by molar-refractivity contribution is 0.226. The predicted octanol–water partition coefficient (Wildman–Crippen LogP) is 0.882. The molecule has 0 saturated heterocycles. The molecule has 0 unspecified atom stereocenters. The van der Waals surface area contributed by atoms with Crippen LogP contribution in [0.3, 0.4) is 0 Å². The number of aromatic amines is 1. The van der Waals surface area contributed by atoms with Crippen molar-refractivity contribution in [3.63, 3.8) is 0 Å². The van der Waals surface area contributed by atoms with Gasteiger partial charge < -0.3 is 4.98 Å². The number of aromatic nitrogens is 4. The van der Waals surface area contributed by atoms with Crippen LogP contribution in [0, 0.1) is 0 Å². The quantitative estimate of drug-likeness (QED) is 0.840. The lowest BCUT2D eigenvalue weighted by Gasteiger charge is -2.25. The molecule has 9 heteroatoms. The molecule has 1 saturated carbocycles. The van der Waals surface area contributed by atoms with E-state index in [1.807, 2.05) is 0 Å². The van der Waals surface area contributed by atoms with Crippen molar-refractivity contribution in [2.45, 2.75) is 38.3 Å². The van der Waals surface area contributed by atoms with Crippen molar-refractivity contribution in [3.8, 4) is 0 Å². The highest BCUT2D eigenvalue weighted by atomic mass is 32.2. The van der Waals surface area contributed by atoms with E-state index in [0.717, 1.165) is 25.5 Å². The average molecular weight is 312 g/mol. The van der Waals surface area contributed by atoms with Gasteiger partial charge in [0.05, 0.1) is 18.5 Å². The van der Waals surface area contributed by atoms with Crippen LogP contribution in [0.25, 0.3) is 11.0 Å². The highest BCUT2D eigenvalue weighted by Crippen LogP contribution is 2.32. The van der Waals surface area contributed by atoms with Crippen LogP contribution >= 0.6 is 0 Å². The summed E-state index contributed by atoms with van der Waals surface area (Å²) in [6.45, 7) is 1.52. The van der Waals surface area contributed by atoms with Gasteiger partial charge in [-0.2, -0.15) is 13.5 Å². The van der Waals surface area contributed by atoms with Gasteiger partial charge >= 0.3 is 0 Å². The first-order chi connectivity index (χ1) is 9.85. The zero-order chi connectivity index (χ0) is 15.2. The first-order valence-corrected chi connectivity index (χ1v) is 8.52. The summed E-state index contributed by atoms with van der Waals surface area (Å²) in [6, 6.07) is 0.260. The Morgan fingerprint density at radius 3 is 2.76 bits per heavy atom. The van der Waals surface area contributed by atoms with E-state index in [4.69, 9.17) is 4.18 Å². The van der Waals surface area contributed by atoms with Gasteiger partial charge in [-0.15, -0.1) is 0 Å². The minimum atomic E-state index is -3.63. The second-order valence-electron chi connectivity index (χ2n) is 5.30. The van der Waals surface area contributed by atoms with Crippen LogP contribution in [0.2, 0.25) is 0 Å². The van der Waals surface area contributed by atoms with Crippen LogP contribution in [0.5, 0.6) is 0 Å². The SMILES string of the molecule is C[C@H](OS(C)(=O)=O)c1nc2c(cnn2C2CCC2)c(=O)[nH]1. The van der Waals surface area contributed by atoms with E-state index in [1.165, 1.54) is 13.1 Å². The molecule has 3 rings (SSSR count). The number of hydrogen-bond donors (Lipinski definition) is 1. The number of H-pyrrole nitrogens is 1. The fourth-order valence-electron chi connectivity index (χ4n) is 2.35. The van der Waals surface area contributed by atoms with Crippen molar-refractivity contribution in [3.05, 3.63) is 22.4 Å². The Labute approximate surface area is 121 Å². The van der Waals surface area contributed by atoms with E-state index in [0.29, 0.717) is 11.0 Å². The average Bonchev–Trinajstić information content (AvgIpc) is 2.69. The van der Waals surface area contributed by atoms with E-state index in [1.54, 1.807) is 4.68 Å². The van der Waals surface area contributed by atoms with Crippen LogP contribution in [0.1, 0.15) is 44.2 Å². The summed E-state index contributed by atoms with van der Waals surface area (Å²) in [5.74, 6) is 0.180. The summed E-state index contributed by atoms with van der Waals surface area (Å²) in [6.07, 6.45) is 4.74. The Bertz CT molecular complexity index is 835. The van der Waals surface area contributed by atoms with Crippen LogP contribution in [0.15, 0.2) is 11.0 Å². The Kier molecular flexibility index (Phi) is 3.33. The van der Waals surface area contributed by atoms with Gasteiger partial charge in [0.15, 0.2) is 5.65 Å². The van der Waals surface area contributed by atoms with Crippen LogP contribution in [-0.4, -0.2) is 34.4 Å². The maximum absolute atomic E-state index is 12.1. The molecule has 1 aliphatic carbocycles. The molecule has 0 aliphatic heterocycles. The summed E-state index contributed by atoms with van der Waals surface area (Å²) in [4.78, 5) is 18.9. The second kappa shape index (κ2) is 4.92. The summed E-state index contributed by atoms with van der Waals surface area (Å²) in [5, 5.41) is 4.63. The topological polar surface area (TPSA) is 107 Å². The van der Waals surface area contributed by atoms with Crippen molar-refractivity contribution in [2.75, 3.05) is 6.26 Å². The minimum Gasteiger partial charge on any atom is -0.308 e. The molecule has 0 spiro atoms. The van der Waals surface area contributed by atoms with Gasteiger partial charge in [0.25, 0.3) is 15.7 Å². The summed E-state index contributed by atoms with van der Waals surface area (Å²) in [7, 11) is -3.63. The van der Waals surface area contributed by atoms with Crippen molar-refractivity contribution in [1.82, 2.24) is 19.7 Å². The highest BCUT2D eigenvalue weighted by Gasteiger charge is 2.24. The maximum atomic E-state index is 12.1. The molecule has 114 valence electrons. The first kappa shape index (κ1) is 14.2. The monoisotopic (exact) mass is 312 g/mol.